The molecular weight excluding hydrogens is 360 g/mol. The van der Waals surface area contributed by atoms with Crippen LogP contribution in [0.15, 0.2) is 102 Å². The highest BCUT2D eigenvalue weighted by Gasteiger charge is 2.08. The van der Waals surface area contributed by atoms with Crippen molar-refractivity contribution in [1.29, 1.82) is 0 Å². The number of hydrogen-bond acceptors (Lipinski definition) is 3. The molecule has 0 atom stereocenters. The normalized spacial score (nSPS) is 10.9. The number of ether oxygens (including phenoxy) is 1. The van der Waals surface area contributed by atoms with Gasteiger partial charge in [-0.25, -0.2) is 5.43 Å². The van der Waals surface area contributed by atoms with Crippen molar-refractivity contribution in [3.05, 3.63) is 114 Å². The molecule has 0 spiro atoms. The summed E-state index contributed by atoms with van der Waals surface area (Å²) in [6, 6.07) is 31.0. The molecular formula is C25H20N2O2. The lowest BCUT2D eigenvalue weighted by Crippen LogP contribution is -2.18. The lowest BCUT2D eigenvalue weighted by Gasteiger charge is -2.09. The van der Waals surface area contributed by atoms with Gasteiger partial charge in [-0.15, -0.1) is 0 Å². The molecule has 1 N–H and O–H groups in total. The second kappa shape index (κ2) is 8.85. The van der Waals surface area contributed by atoms with Crippen LogP contribution in [0.1, 0.15) is 21.5 Å². The zero-order chi connectivity index (χ0) is 19.9. The molecule has 4 rings (SSSR count). The first-order valence-corrected chi connectivity index (χ1v) is 9.38. The molecule has 4 heteroatoms. The van der Waals surface area contributed by atoms with Gasteiger partial charge in [-0.3, -0.25) is 4.79 Å². The molecule has 0 aliphatic heterocycles. The van der Waals surface area contributed by atoms with Crippen molar-refractivity contribution in [2.45, 2.75) is 6.61 Å². The van der Waals surface area contributed by atoms with Crippen molar-refractivity contribution in [3.8, 4) is 5.75 Å². The van der Waals surface area contributed by atoms with E-state index in [1.807, 2.05) is 91.0 Å². The first kappa shape index (κ1) is 18.4. The molecule has 0 aliphatic rings. The molecule has 0 saturated carbocycles. The average molecular weight is 380 g/mol. The summed E-state index contributed by atoms with van der Waals surface area (Å²) in [5.74, 6) is 0.459. The molecule has 4 nitrogen and oxygen atoms in total. The van der Waals surface area contributed by atoms with E-state index in [0.29, 0.717) is 17.9 Å². The van der Waals surface area contributed by atoms with Crippen molar-refractivity contribution in [2.24, 2.45) is 5.10 Å². The summed E-state index contributed by atoms with van der Waals surface area (Å²) >= 11 is 0. The van der Waals surface area contributed by atoms with Crippen LogP contribution in [0.25, 0.3) is 10.8 Å². The summed E-state index contributed by atoms with van der Waals surface area (Å²) in [6.45, 7) is 0.466. The maximum absolute atomic E-state index is 12.6. The fraction of sp³-hybridized carbons (Fsp3) is 0.0400. The zero-order valence-electron chi connectivity index (χ0n) is 15.8. The molecule has 4 aromatic carbocycles. The second-order valence-electron chi connectivity index (χ2n) is 6.54. The number of amides is 1. The molecule has 142 valence electrons. The van der Waals surface area contributed by atoms with Gasteiger partial charge in [-0.2, -0.15) is 5.10 Å². The lowest BCUT2D eigenvalue weighted by atomic mass is 10.0. The Balaban J connectivity index is 1.46. The number of para-hydroxylation sites is 1. The van der Waals surface area contributed by atoms with Crippen LogP contribution in [0.2, 0.25) is 0 Å². The number of nitrogens with one attached hydrogen (secondary N) is 1. The van der Waals surface area contributed by atoms with Gasteiger partial charge in [0.2, 0.25) is 0 Å². The van der Waals surface area contributed by atoms with Crippen molar-refractivity contribution in [1.82, 2.24) is 5.43 Å². The van der Waals surface area contributed by atoms with Gasteiger partial charge >= 0.3 is 0 Å². The highest BCUT2D eigenvalue weighted by molar-refractivity contribution is 6.07. The standard InChI is InChI=1S/C25H20N2O2/c28-25(23-15-8-13-20-11-4-6-14-22(20)23)27-26-17-21-12-5-7-16-24(21)29-18-19-9-2-1-3-10-19/h1-17H,18H2,(H,27,28)/b26-17-. The van der Waals surface area contributed by atoms with Gasteiger partial charge in [-0.05, 0) is 34.5 Å². The van der Waals surface area contributed by atoms with E-state index in [4.69, 9.17) is 4.74 Å². The Kier molecular flexibility index (Phi) is 5.63. The van der Waals surface area contributed by atoms with Gasteiger partial charge in [0.1, 0.15) is 12.4 Å². The van der Waals surface area contributed by atoms with Crippen molar-refractivity contribution < 1.29 is 9.53 Å². The summed E-state index contributed by atoms with van der Waals surface area (Å²) in [6.07, 6.45) is 1.60. The van der Waals surface area contributed by atoms with Crippen LogP contribution in [-0.2, 0) is 6.61 Å². The van der Waals surface area contributed by atoms with Gasteiger partial charge in [0.05, 0.1) is 6.21 Å². The monoisotopic (exact) mass is 380 g/mol. The maximum atomic E-state index is 12.6. The summed E-state index contributed by atoms with van der Waals surface area (Å²) in [5.41, 5.74) is 5.09. The number of nitrogens with zero attached hydrogens (tertiary/aromatic N) is 1. The zero-order valence-corrected chi connectivity index (χ0v) is 15.8. The SMILES string of the molecule is O=C(N/N=C\c1ccccc1OCc1ccccc1)c1cccc2ccccc12. The molecule has 0 fully saturated rings. The number of carbonyl (C=O) groups excluding carboxylic acids is 1. The molecule has 0 heterocycles. The number of rotatable bonds is 6. The highest BCUT2D eigenvalue weighted by atomic mass is 16.5. The molecule has 0 saturated heterocycles. The maximum Gasteiger partial charge on any atom is 0.271 e. The molecule has 0 aliphatic carbocycles. The van der Waals surface area contributed by atoms with Gasteiger partial charge in [0.25, 0.3) is 5.91 Å². The van der Waals surface area contributed by atoms with E-state index in [-0.39, 0.29) is 5.91 Å². The quantitative estimate of drug-likeness (QED) is 0.370. The third-order valence-corrected chi connectivity index (χ3v) is 4.56. The Morgan fingerprint density at radius 1 is 0.828 bits per heavy atom. The Hall–Kier alpha value is -3.92. The minimum Gasteiger partial charge on any atom is -0.488 e. The Bertz CT molecular complexity index is 1150. The van der Waals surface area contributed by atoms with Crippen LogP contribution in [0, 0.1) is 0 Å². The largest absolute Gasteiger partial charge is 0.488 e. The predicted molar refractivity (Wildman–Crippen MR) is 116 cm³/mol. The number of hydrogen-bond donors (Lipinski definition) is 1. The molecule has 1 amide bonds. The fourth-order valence-corrected chi connectivity index (χ4v) is 3.10. The summed E-state index contributed by atoms with van der Waals surface area (Å²) < 4.78 is 5.92. The third-order valence-electron chi connectivity index (χ3n) is 4.56. The van der Waals surface area contributed by atoms with Gasteiger partial charge in [0, 0.05) is 11.1 Å². The second-order valence-corrected chi connectivity index (χ2v) is 6.54. The number of carbonyl (C=O) groups is 1. The minimum absolute atomic E-state index is 0.249. The summed E-state index contributed by atoms with van der Waals surface area (Å²) in [5, 5.41) is 6.05. The van der Waals surface area contributed by atoms with E-state index in [1.165, 1.54) is 0 Å². The van der Waals surface area contributed by atoms with Gasteiger partial charge < -0.3 is 4.74 Å². The van der Waals surface area contributed by atoms with E-state index in [0.717, 1.165) is 21.9 Å². The average Bonchev–Trinajstić information content (AvgIpc) is 2.78. The number of benzene rings is 4. The topological polar surface area (TPSA) is 50.7 Å². The van der Waals surface area contributed by atoms with E-state index in [2.05, 4.69) is 10.5 Å². The lowest BCUT2D eigenvalue weighted by molar-refractivity contribution is 0.0957. The Morgan fingerprint density at radius 3 is 2.45 bits per heavy atom. The third kappa shape index (κ3) is 4.50. The Morgan fingerprint density at radius 2 is 1.55 bits per heavy atom. The van der Waals surface area contributed by atoms with Crippen molar-refractivity contribution in [3.63, 3.8) is 0 Å². The fourth-order valence-electron chi connectivity index (χ4n) is 3.10. The summed E-state index contributed by atoms with van der Waals surface area (Å²) in [4.78, 5) is 12.6. The highest BCUT2D eigenvalue weighted by Crippen LogP contribution is 2.19. The van der Waals surface area contributed by atoms with E-state index >= 15 is 0 Å². The first-order chi connectivity index (χ1) is 14.3. The van der Waals surface area contributed by atoms with E-state index in [9.17, 15) is 4.79 Å². The van der Waals surface area contributed by atoms with Crippen LogP contribution in [0.4, 0.5) is 0 Å². The van der Waals surface area contributed by atoms with Gasteiger partial charge in [-0.1, -0.05) is 78.9 Å². The van der Waals surface area contributed by atoms with Crippen LogP contribution in [0.3, 0.4) is 0 Å². The van der Waals surface area contributed by atoms with Crippen LogP contribution < -0.4 is 10.2 Å². The van der Waals surface area contributed by atoms with E-state index < -0.39 is 0 Å². The first-order valence-electron chi connectivity index (χ1n) is 9.38. The van der Waals surface area contributed by atoms with Crippen molar-refractivity contribution in [2.75, 3.05) is 0 Å². The molecule has 0 radical (unpaired) electrons. The molecule has 0 bridgehead atoms. The Labute approximate surface area is 169 Å². The number of fused-ring (bicyclic) bond motifs is 1. The molecule has 0 aromatic heterocycles. The van der Waals surface area contributed by atoms with E-state index in [1.54, 1.807) is 12.3 Å². The van der Waals surface area contributed by atoms with Crippen LogP contribution in [-0.4, -0.2) is 12.1 Å². The summed E-state index contributed by atoms with van der Waals surface area (Å²) in [7, 11) is 0. The smallest absolute Gasteiger partial charge is 0.271 e. The molecule has 29 heavy (non-hydrogen) atoms. The molecule has 4 aromatic rings. The predicted octanol–water partition coefficient (Wildman–Crippen LogP) is 5.18. The van der Waals surface area contributed by atoms with Gasteiger partial charge in [0.15, 0.2) is 0 Å². The minimum atomic E-state index is -0.249. The molecule has 0 unspecified atom stereocenters. The van der Waals surface area contributed by atoms with Crippen LogP contribution >= 0.6 is 0 Å². The van der Waals surface area contributed by atoms with Crippen molar-refractivity contribution >= 4 is 22.9 Å². The van der Waals surface area contributed by atoms with Crippen LogP contribution in [0.5, 0.6) is 5.75 Å². The number of hydrazone groups is 1.